The van der Waals surface area contributed by atoms with Crippen molar-refractivity contribution in [2.75, 3.05) is 19.2 Å². The Morgan fingerprint density at radius 3 is 3.00 bits per heavy atom. The lowest BCUT2D eigenvalue weighted by Gasteiger charge is -2.22. The maximum Gasteiger partial charge on any atom is 0.191 e. The highest BCUT2D eigenvalue weighted by Gasteiger charge is 2.18. The summed E-state index contributed by atoms with van der Waals surface area (Å²) in [5.74, 6) is 2.65. The second kappa shape index (κ2) is 8.71. The molecule has 138 valence electrons. The molecule has 1 fully saturated rings. The van der Waals surface area contributed by atoms with Gasteiger partial charge in [-0.2, -0.15) is 0 Å². The maximum atomic E-state index is 5.60. The SMILES string of the molecule is CCn1c(CSc2nc3ccccc3s2)nnc1SC[C@H]1CCOCO1. The van der Waals surface area contributed by atoms with Crippen molar-refractivity contribution in [2.24, 2.45) is 0 Å². The first-order valence-corrected chi connectivity index (χ1v) is 11.3. The predicted octanol–water partition coefficient (Wildman–Crippen LogP) is 4.06. The average Bonchev–Trinajstić information content (AvgIpc) is 3.28. The van der Waals surface area contributed by atoms with Crippen molar-refractivity contribution in [1.29, 1.82) is 0 Å². The van der Waals surface area contributed by atoms with Gasteiger partial charge in [0, 0.05) is 12.3 Å². The number of hydrogen-bond donors (Lipinski definition) is 0. The first kappa shape index (κ1) is 18.2. The van der Waals surface area contributed by atoms with Crippen molar-refractivity contribution >= 4 is 45.1 Å². The van der Waals surface area contributed by atoms with Gasteiger partial charge in [0.15, 0.2) is 9.50 Å². The molecule has 1 aliphatic heterocycles. The molecule has 3 heterocycles. The van der Waals surface area contributed by atoms with Gasteiger partial charge in [-0.25, -0.2) is 4.98 Å². The molecule has 4 rings (SSSR count). The number of thioether (sulfide) groups is 2. The van der Waals surface area contributed by atoms with Gasteiger partial charge in [-0.3, -0.25) is 0 Å². The largest absolute Gasteiger partial charge is 0.355 e. The fourth-order valence-electron chi connectivity index (χ4n) is 2.69. The Morgan fingerprint density at radius 2 is 2.19 bits per heavy atom. The van der Waals surface area contributed by atoms with Crippen LogP contribution in [0, 0.1) is 0 Å². The normalized spacial score (nSPS) is 17.8. The van der Waals surface area contributed by atoms with E-state index in [0.29, 0.717) is 6.79 Å². The van der Waals surface area contributed by atoms with Crippen LogP contribution in [-0.2, 0) is 21.8 Å². The zero-order valence-electron chi connectivity index (χ0n) is 14.5. The number of nitrogens with zero attached hydrogens (tertiary/aromatic N) is 4. The van der Waals surface area contributed by atoms with Crippen molar-refractivity contribution < 1.29 is 9.47 Å². The Bertz CT molecular complexity index is 828. The van der Waals surface area contributed by atoms with Gasteiger partial charge in [-0.15, -0.1) is 21.5 Å². The summed E-state index contributed by atoms with van der Waals surface area (Å²) in [5.41, 5.74) is 1.06. The predicted molar refractivity (Wildman–Crippen MR) is 106 cm³/mol. The molecule has 1 aromatic carbocycles. The quantitative estimate of drug-likeness (QED) is 0.546. The Morgan fingerprint density at radius 1 is 1.27 bits per heavy atom. The molecule has 0 unspecified atom stereocenters. The number of thiazole rings is 1. The molecule has 9 heteroatoms. The molecule has 2 aromatic heterocycles. The van der Waals surface area contributed by atoms with E-state index in [-0.39, 0.29) is 6.10 Å². The summed E-state index contributed by atoms with van der Waals surface area (Å²) in [5, 5.41) is 9.75. The van der Waals surface area contributed by atoms with Crippen LogP contribution in [-0.4, -0.2) is 45.0 Å². The molecule has 0 N–H and O–H groups in total. The first-order valence-electron chi connectivity index (χ1n) is 8.56. The standard InChI is InChI=1S/C17H20N4O2S3/c1-2-21-15(10-25-17-18-13-5-3-4-6-14(13)26-17)19-20-16(21)24-9-12-7-8-22-11-23-12/h3-6,12H,2,7-11H2,1H3/t12-/m1/s1. The number of fused-ring (bicyclic) bond motifs is 1. The van der Waals surface area contributed by atoms with E-state index in [1.807, 2.05) is 12.1 Å². The topological polar surface area (TPSA) is 62.1 Å². The molecule has 6 nitrogen and oxygen atoms in total. The van der Waals surface area contributed by atoms with Crippen LogP contribution in [0.25, 0.3) is 10.2 Å². The number of benzene rings is 1. The minimum atomic E-state index is 0.233. The molecule has 0 bridgehead atoms. The van der Waals surface area contributed by atoms with Crippen molar-refractivity contribution in [2.45, 2.75) is 41.2 Å². The summed E-state index contributed by atoms with van der Waals surface area (Å²) in [6.07, 6.45) is 1.17. The lowest BCUT2D eigenvalue weighted by atomic mass is 10.3. The van der Waals surface area contributed by atoms with Crippen molar-refractivity contribution in [1.82, 2.24) is 19.7 Å². The highest BCUT2D eigenvalue weighted by atomic mass is 32.2. The van der Waals surface area contributed by atoms with E-state index in [2.05, 4.69) is 38.8 Å². The number of ether oxygens (including phenoxy) is 2. The average molecular weight is 409 g/mol. The van der Waals surface area contributed by atoms with E-state index < -0.39 is 0 Å². The van der Waals surface area contributed by atoms with Crippen molar-refractivity contribution in [3.8, 4) is 0 Å². The van der Waals surface area contributed by atoms with Crippen LogP contribution in [0.5, 0.6) is 0 Å². The van der Waals surface area contributed by atoms with Crippen molar-refractivity contribution in [3.05, 3.63) is 30.1 Å². The van der Waals surface area contributed by atoms with E-state index in [1.54, 1.807) is 34.9 Å². The summed E-state index contributed by atoms with van der Waals surface area (Å²) >= 11 is 5.16. The number of rotatable bonds is 7. The zero-order valence-corrected chi connectivity index (χ0v) is 16.9. The van der Waals surface area contributed by atoms with Gasteiger partial charge in [-0.05, 0) is 25.5 Å². The Kier molecular flexibility index (Phi) is 6.11. The molecular weight excluding hydrogens is 388 g/mol. The van der Waals surface area contributed by atoms with Gasteiger partial charge < -0.3 is 14.0 Å². The van der Waals surface area contributed by atoms with Crippen LogP contribution in [0.4, 0.5) is 0 Å². The molecule has 0 saturated carbocycles. The van der Waals surface area contributed by atoms with E-state index >= 15 is 0 Å². The van der Waals surface area contributed by atoms with Gasteiger partial charge in [0.25, 0.3) is 0 Å². The molecule has 0 amide bonds. The summed E-state index contributed by atoms with van der Waals surface area (Å²) in [6.45, 7) is 4.16. The van der Waals surface area contributed by atoms with E-state index in [1.165, 1.54) is 4.70 Å². The molecule has 1 atom stereocenters. The molecular formula is C17H20N4O2S3. The van der Waals surface area contributed by atoms with Gasteiger partial charge in [0.2, 0.25) is 0 Å². The third kappa shape index (κ3) is 4.23. The second-order valence-electron chi connectivity index (χ2n) is 5.79. The molecule has 0 radical (unpaired) electrons. The molecule has 0 spiro atoms. The highest BCUT2D eigenvalue weighted by Crippen LogP contribution is 2.31. The van der Waals surface area contributed by atoms with Crippen LogP contribution >= 0.6 is 34.9 Å². The monoisotopic (exact) mass is 408 g/mol. The molecule has 1 saturated heterocycles. The minimum absolute atomic E-state index is 0.233. The van der Waals surface area contributed by atoms with E-state index in [9.17, 15) is 0 Å². The highest BCUT2D eigenvalue weighted by molar-refractivity contribution is 8.00. The molecule has 3 aromatic rings. The fourth-order valence-corrected chi connectivity index (χ4v) is 5.78. The number of para-hydroxylation sites is 1. The number of hydrogen-bond acceptors (Lipinski definition) is 8. The van der Waals surface area contributed by atoms with Crippen LogP contribution < -0.4 is 0 Å². The maximum absolute atomic E-state index is 5.60. The minimum Gasteiger partial charge on any atom is -0.355 e. The first-order chi connectivity index (χ1) is 12.8. The molecule has 26 heavy (non-hydrogen) atoms. The van der Waals surface area contributed by atoms with Crippen LogP contribution in [0.1, 0.15) is 19.2 Å². The van der Waals surface area contributed by atoms with E-state index in [0.717, 1.165) is 51.9 Å². The summed E-state index contributed by atoms with van der Waals surface area (Å²) in [6, 6.07) is 8.24. The summed E-state index contributed by atoms with van der Waals surface area (Å²) < 4.78 is 15.3. The van der Waals surface area contributed by atoms with Gasteiger partial charge in [0.1, 0.15) is 12.6 Å². The van der Waals surface area contributed by atoms with Gasteiger partial charge in [-0.1, -0.05) is 35.7 Å². The molecule has 0 aliphatic carbocycles. The lowest BCUT2D eigenvalue weighted by molar-refractivity contribution is -0.130. The summed E-state index contributed by atoms with van der Waals surface area (Å²) in [4.78, 5) is 4.68. The lowest BCUT2D eigenvalue weighted by Crippen LogP contribution is -2.25. The smallest absolute Gasteiger partial charge is 0.191 e. The van der Waals surface area contributed by atoms with Crippen LogP contribution in [0.3, 0.4) is 0 Å². The third-order valence-electron chi connectivity index (χ3n) is 4.08. The molecule has 1 aliphatic rings. The van der Waals surface area contributed by atoms with Crippen LogP contribution in [0.2, 0.25) is 0 Å². The Hall–Kier alpha value is -1.13. The van der Waals surface area contributed by atoms with Crippen LogP contribution in [0.15, 0.2) is 33.8 Å². The zero-order chi connectivity index (χ0) is 17.8. The van der Waals surface area contributed by atoms with Gasteiger partial charge >= 0.3 is 0 Å². The summed E-state index contributed by atoms with van der Waals surface area (Å²) in [7, 11) is 0. The van der Waals surface area contributed by atoms with E-state index in [4.69, 9.17) is 9.47 Å². The second-order valence-corrected chi connectivity index (χ2v) is 9.03. The number of aromatic nitrogens is 4. The Labute approximate surface area is 164 Å². The Balaban J connectivity index is 1.39. The van der Waals surface area contributed by atoms with Gasteiger partial charge in [0.05, 0.1) is 28.7 Å². The third-order valence-corrected chi connectivity index (χ3v) is 7.35. The fraction of sp³-hybridized carbons (Fsp3) is 0.471. The van der Waals surface area contributed by atoms with Crippen molar-refractivity contribution in [3.63, 3.8) is 0 Å².